The van der Waals surface area contributed by atoms with Gasteiger partial charge in [0.25, 0.3) is 0 Å². The summed E-state index contributed by atoms with van der Waals surface area (Å²) in [5.74, 6) is -0.0125. The normalized spacial score (nSPS) is 20.9. The molecule has 0 amide bonds. The maximum absolute atomic E-state index is 13.5. The molecule has 0 spiro atoms. The van der Waals surface area contributed by atoms with Crippen LogP contribution in [0.3, 0.4) is 0 Å². The Morgan fingerprint density at radius 2 is 1.93 bits per heavy atom. The molecular weight excluding hydrogens is 396 g/mol. The summed E-state index contributed by atoms with van der Waals surface area (Å²) < 4.78 is 60.8. The van der Waals surface area contributed by atoms with E-state index in [4.69, 9.17) is 4.74 Å². The Bertz CT molecular complexity index is 1100. The zero-order valence-corrected chi connectivity index (χ0v) is 15.6. The van der Waals surface area contributed by atoms with Crippen LogP contribution in [0.5, 0.6) is 0 Å². The number of methoxy groups -OCH3 is 1. The van der Waals surface area contributed by atoms with Crippen molar-refractivity contribution in [3.05, 3.63) is 64.5 Å². The summed E-state index contributed by atoms with van der Waals surface area (Å²) in [5.41, 5.74) is -0.901. The van der Waals surface area contributed by atoms with Crippen LogP contribution in [0.2, 0.25) is 0 Å². The van der Waals surface area contributed by atoms with Gasteiger partial charge in [0.1, 0.15) is 5.82 Å². The van der Waals surface area contributed by atoms with E-state index in [9.17, 15) is 22.4 Å². The number of nitrogens with zero attached hydrogens (tertiary/aromatic N) is 2. The quantitative estimate of drug-likeness (QED) is 0.511. The number of hydrogen-bond donors (Lipinski definition) is 1. The lowest BCUT2D eigenvalue weighted by Crippen LogP contribution is -2.29. The first-order chi connectivity index (χ1) is 13.3. The molecule has 2 atom stereocenters. The van der Waals surface area contributed by atoms with Gasteiger partial charge in [0.05, 0.1) is 23.7 Å². The van der Waals surface area contributed by atoms with Crippen molar-refractivity contribution in [2.24, 2.45) is 0 Å². The van der Waals surface area contributed by atoms with E-state index in [1.54, 1.807) is 12.1 Å². The highest BCUT2D eigenvalue weighted by Gasteiger charge is 2.34. The molecule has 2 heterocycles. The largest absolute Gasteiger partial charge is 0.416 e. The Hall–Kier alpha value is -2.39. The van der Waals surface area contributed by atoms with Gasteiger partial charge in [-0.2, -0.15) is 24.1 Å². The van der Waals surface area contributed by atoms with E-state index in [1.807, 2.05) is 0 Å². The molecule has 0 bridgehead atoms. The topological polar surface area (TPSA) is 44.1 Å². The second kappa shape index (κ2) is 6.89. The van der Waals surface area contributed by atoms with E-state index < -0.39 is 34.1 Å². The minimum Gasteiger partial charge on any atom is -0.379 e. The van der Waals surface area contributed by atoms with Gasteiger partial charge in [-0.3, -0.25) is 4.57 Å². The molecule has 0 saturated carbocycles. The van der Waals surface area contributed by atoms with Crippen LogP contribution in [-0.2, 0) is 17.5 Å². The fraction of sp³-hybridized carbons (Fsp3) is 0.263. The second-order valence-electron chi connectivity index (χ2n) is 6.53. The number of halogens is 4. The highest BCUT2D eigenvalue weighted by atomic mass is 32.2. The van der Waals surface area contributed by atoms with Gasteiger partial charge in [-0.15, -0.1) is 0 Å². The molecule has 1 aromatic heterocycles. The van der Waals surface area contributed by atoms with Crippen LogP contribution in [-0.4, -0.2) is 28.5 Å². The lowest BCUT2D eigenvalue weighted by molar-refractivity contribution is -0.137. The third kappa shape index (κ3) is 3.29. The molecule has 0 fully saturated rings. The molecule has 0 radical (unpaired) electrons. The summed E-state index contributed by atoms with van der Waals surface area (Å²) in [6.45, 7) is 0.193. The molecule has 2 unspecified atom stereocenters. The Labute approximate surface area is 160 Å². The standard InChI is InChI=1S/C19H16F4N2O2S/c1-27-14-9-25-17-11(8-24-18(25)26)6-12(19(21,22)23)7-16(17)28(10-14)15-4-2-13(20)3-5-15/h2-8,14,28H,9-10H2,1H3. The highest BCUT2D eigenvalue weighted by Crippen LogP contribution is 2.50. The molecular formula is C19H16F4N2O2S. The van der Waals surface area contributed by atoms with Crippen LogP contribution >= 0.6 is 10.9 Å². The van der Waals surface area contributed by atoms with Gasteiger partial charge in [-0.1, -0.05) is 0 Å². The summed E-state index contributed by atoms with van der Waals surface area (Å²) in [4.78, 5) is 17.2. The zero-order valence-electron chi connectivity index (χ0n) is 14.7. The maximum atomic E-state index is 13.5. The number of benzene rings is 2. The number of hydrogen-bond acceptors (Lipinski definition) is 3. The molecule has 2 aromatic carbocycles. The molecule has 1 aliphatic rings. The van der Waals surface area contributed by atoms with Gasteiger partial charge < -0.3 is 4.74 Å². The van der Waals surface area contributed by atoms with Crippen molar-refractivity contribution in [3.8, 4) is 0 Å². The molecule has 3 aromatic rings. The first-order valence-corrected chi connectivity index (χ1v) is 9.97. The number of rotatable bonds is 2. The van der Waals surface area contributed by atoms with Crippen LogP contribution in [0.15, 0.2) is 57.2 Å². The third-order valence-electron chi connectivity index (χ3n) is 4.80. The molecule has 1 aliphatic heterocycles. The first kappa shape index (κ1) is 18.9. The fourth-order valence-electron chi connectivity index (χ4n) is 3.44. The van der Waals surface area contributed by atoms with Crippen LogP contribution in [0, 0.1) is 5.82 Å². The number of thiol groups is 1. The van der Waals surface area contributed by atoms with Crippen LogP contribution < -0.4 is 5.69 Å². The molecule has 148 valence electrons. The van der Waals surface area contributed by atoms with Gasteiger partial charge in [0, 0.05) is 29.3 Å². The van der Waals surface area contributed by atoms with E-state index in [0.717, 1.165) is 17.0 Å². The SMILES string of the molecule is COC1Cn2c(=O)ncc3cc(C(F)(F)F)cc(c32)[SH](c2ccc(F)cc2)C1. The number of aromatic nitrogens is 2. The Morgan fingerprint density at radius 3 is 2.57 bits per heavy atom. The van der Waals surface area contributed by atoms with Gasteiger partial charge in [0.15, 0.2) is 0 Å². The van der Waals surface area contributed by atoms with Crippen molar-refractivity contribution >= 4 is 21.8 Å². The second-order valence-corrected chi connectivity index (χ2v) is 8.75. The molecule has 0 saturated heterocycles. The first-order valence-electron chi connectivity index (χ1n) is 8.44. The molecule has 0 aliphatic carbocycles. The summed E-state index contributed by atoms with van der Waals surface area (Å²) in [7, 11) is 0.187. The van der Waals surface area contributed by atoms with Gasteiger partial charge in [0.2, 0.25) is 0 Å². The predicted molar refractivity (Wildman–Crippen MR) is 98.6 cm³/mol. The highest BCUT2D eigenvalue weighted by molar-refractivity contribution is 8.17. The molecule has 28 heavy (non-hydrogen) atoms. The van der Waals surface area contributed by atoms with E-state index in [2.05, 4.69) is 4.98 Å². The van der Waals surface area contributed by atoms with Crippen LogP contribution in [0.4, 0.5) is 17.6 Å². The summed E-state index contributed by atoms with van der Waals surface area (Å²) in [6, 6.07) is 7.84. The number of ether oxygens (including phenoxy) is 1. The van der Waals surface area contributed by atoms with Gasteiger partial charge in [-0.25, -0.2) is 14.2 Å². The van der Waals surface area contributed by atoms with E-state index in [1.165, 1.54) is 30.0 Å². The minimum absolute atomic E-state index is 0.193. The van der Waals surface area contributed by atoms with E-state index in [-0.39, 0.29) is 18.0 Å². The van der Waals surface area contributed by atoms with Crippen molar-refractivity contribution in [1.82, 2.24) is 9.55 Å². The molecule has 0 N–H and O–H groups in total. The van der Waals surface area contributed by atoms with Crippen molar-refractivity contribution in [3.63, 3.8) is 0 Å². The molecule has 9 heteroatoms. The minimum atomic E-state index is -4.54. The van der Waals surface area contributed by atoms with Crippen molar-refractivity contribution in [2.45, 2.75) is 28.6 Å². The van der Waals surface area contributed by atoms with Crippen LogP contribution in [0.25, 0.3) is 10.9 Å². The molecule has 4 rings (SSSR count). The number of alkyl halides is 3. The van der Waals surface area contributed by atoms with Crippen molar-refractivity contribution in [2.75, 3.05) is 12.9 Å². The Morgan fingerprint density at radius 1 is 1.21 bits per heavy atom. The summed E-state index contributed by atoms with van der Waals surface area (Å²) in [6.07, 6.45) is -3.75. The van der Waals surface area contributed by atoms with Gasteiger partial charge >= 0.3 is 11.9 Å². The van der Waals surface area contributed by atoms with Gasteiger partial charge in [-0.05, 0) is 41.3 Å². The van der Waals surface area contributed by atoms with Crippen LogP contribution in [0.1, 0.15) is 5.56 Å². The van der Waals surface area contributed by atoms with Crippen molar-refractivity contribution in [1.29, 1.82) is 0 Å². The zero-order chi connectivity index (χ0) is 20.1. The van der Waals surface area contributed by atoms with E-state index in [0.29, 0.717) is 16.2 Å². The maximum Gasteiger partial charge on any atom is 0.416 e. The third-order valence-corrected chi connectivity index (χ3v) is 7.41. The predicted octanol–water partition coefficient (Wildman–Crippen LogP) is 4.00. The fourth-order valence-corrected chi connectivity index (χ4v) is 6.11. The summed E-state index contributed by atoms with van der Waals surface area (Å²) in [5, 5.41) is 0.246. The average Bonchev–Trinajstić information content (AvgIpc) is 2.83. The molecule has 4 nitrogen and oxygen atoms in total. The smallest absolute Gasteiger partial charge is 0.379 e. The monoisotopic (exact) mass is 412 g/mol. The Kier molecular flexibility index (Phi) is 4.67. The van der Waals surface area contributed by atoms with E-state index >= 15 is 0 Å². The van der Waals surface area contributed by atoms with Crippen molar-refractivity contribution < 1.29 is 22.3 Å². The average molecular weight is 412 g/mol. The lowest BCUT2D eigenvalue weighted by Gasteiger charge is -2.25. The lowest BCUT2D eigenvalue weighted by atomic mass is 10.1. The Balaban J connectivity index is 2.06. The summed E-state index contributed by atoms with van der Waals surface area (Å²) >= 11 is 0.